The van der Waals surface area contributed by atoms with Crippen LogP contribution in [-0.2, 0) is 11.2 Å². The van der Waals surface area contributed by atoms with E-state index < -0.39 is 5.97 Å². The van der Waals surface area contributed by atoms with Crippen molar-refractivity contribution >= 4 is 11.5 Å². The Morgan fingerprint density at radius 1 is 1.09 bits per heavy atom. The molecule has 0 aliphatic heterocycles. The molecule has 2 nitrogen and oxygen atoms in total. The van der Waals surface area contributed by atoms with E-state index in [1.165, 1.54) is 41.2 Å². The van der Waals surface area contributed by atoms with Crippen molar-refractivity contribution in [3.8, 4) is 0 Å². The highest BCUT2D eigenvalue weighted by atomic mass is 16.4. The second kappa shape index (κ2) is 8.33. The van der Waals surface area contributed by atoms with E-state index >= 15 is 0 Å². The molecule has 0 radical (unpaired) electrons. The molecule has 0 unspecified atom stereocenters. The van der Waals surface area contributed by atoms with Gasteiger partial charge in [0.1, 0.15) is 0 Å². The molecule has 1 aliphatic carbocycles. The molecular weight excluding hydrogens is 284 g/mol. The fraction of sp³-hybridized carbons (Fsp3) is 0.286. The third-order valence-electron chi connectivity index (χ3n) is 3.98. The standard InChI is InChI=1S/C21H24O2/c1-16(8-7-9-17(2)15-21(22)23)14-19-12-4-3-10-18-11-5-6-13-20(18)19/h5-9,11,13-15H,3-4,10,12H2,1-2H3,(H,22,23). The first-order valence-electron chi connectivity index (χ1n) is 8.11. The van der Waals surface area contributed by atoms with Crippen LogP contribution in [0.4, 0.5) is 0 Å². The topological polar surface area (TPSA) is 37.3 Å². The number of aryl methyl sites for hydroxylation is 1. The first kappa shape index (κ1) is 17.0. The van der Waals surface area contributed by atoms with E-state index in [4.69, 9.17) is 5.11 Å². The Morgan fingerprint density at radius 2 is 1.83 bits per heavy atom. The number of carboxylic acids is 1. The van der Waals surface area contributed by atoms with Crippen molar-refractivity contribution in [2.75, 3.05) is 0 Å². The summed E-state index contributed by atoms with van der Waals surface area (Å²) in [6.07, 6.45) is 14.0. The molecule has 0 amide bonds. The van der Waals surface area contributed by atoms with Gasteiger partial charge in [-0.15, -0.1) is 0 Å². The minimum Gasteiger partial charge on any atom is -0.478 e. The van der Waals surface area contributed by atoms with Crippen LogP contribution in [0.2, 0.25) is 0 Å². The summed E-state index contributed by atoms with van der Waals surface area (Å²) in [5.74, 6) is -0.912. The maximum atomic E-state index is 10.6. The molecule has 0 bridgehead atoms. The second-order valence-electron chi connectivity index (χ2n) is 6.03. The monoisotopic (exact) mass is 308 g/mol. The van der Waals surface area contributed by atoms with Crippen LogP contribution in [0, 0.1) is 0 Å². The number of benzene rings is 1. The number of rotatable bonds is 4. The summed E-state index contributed by atoms with van der Waals surface area (Å²) >= 11 is 0. The van der Waals surface area contributed by atoms with E-state index in [1.54, 1.807) is 6.92 Å². The van der Waals surface area contributed by atoms with Crippen molar-refractivity contribution < 1.29 is 9.90 Å². The quantitative estimate of drug-likeness (QED) is 0.464. The van der Waals surface area contributed by atoms with E-state index in [2.05, 4.69) is 37.3 Å². The van der Waals surface area contributed by atoms with Crippen LogP contribution in [-0.4, -0.2) is 11.1 Å². The molecule has 0 aromatic heterocycles. The van der Waals surface area contributed by atoms with Gasteiger partial charge in [-0.2, -0.15) is 0 Å². The zero-order valence-electron chi connectivity index (χ0n) is 13.9. The van der Waals surface area contributed by atoms with E-state index in [1.807, 2.05) is 18.2 Å². The summed E-state index contributed by atoms with van der Waals surface area (Å²) in [5.41, 5.74) is 6.13. The molecule has 0 fully saturated rings. The number of fused-ring (bicyclic) bond motifs is 1. The van der Waals surface area contributed by atoms with Gasteiger partial charge in [0, 0.05) is 6.08 Å². The highest BCUT2D eigenvalue weighted by molar-refractivity contribution is 5.81. The number of hydrogen-bond acceptors (Lipinski definition) is 1. The highest BCUT2D eigenvalue weighted by Crippen LogP contribution is 2.30. The molecule has 1 aromatic carbocycles. The number of aliphatic carboxylic acids is 1. The molecule has 1 aliphatic rings. The SMILES string of the molecule is CC(=CC=CC(C)=CC(=O)O)C=C1CCCCc2ccccc21. The summed E-state index contributed by atoms with van der Waals surface area (Å²) in [6, 6.07) is 8.67. The van der Waals surface area contributed by atoms with Crippen LogP contribution in [0.5, 0.6) is 0 Å². The lowest BCUT2D eigenvalue weighted by molar-refractivity contribution is -0.131. The molecule has 120 valence electrons. The molecule has 0 saturated heterocycles. The zero-order valence-corrected chi connectivity index (χ0v) is 13.9. The van der Waals surface area contributed by atoms with Gasteiger partial charge in [0.15, 0.2) is 0 Å². The Hall–Kier alpha value is -2.35. The van der Waals surface area contributed by atoms with Gasteiger partial charge >= 0.3 is 5.97 Å². The second-order valence-corrected chi connectivity index (χ2v) is 6.03. The van der Waals surface area contributed by atoms with Gasteiger partial charge in [-0.3, -0.25) is 0 Å². The van der Waals surface area contributed by atoms with Crippen molar-refractivity contribution in [3.05, 3.63) is 76.9 Å². The highest BCUT2D eigenvalue weighted by Gasteiger charge is 2.11. The number of carboxylic acid groups (broad SMARTS) is 1. The van der Waals surface area contributed by atoms with Crippen LogP contribution < -0.4 is 0 Å². The average Bonchev–Trinajstić information content (AvgIpc) is 2.69. The Kier molecular flexibility index (Phi) is 6.16. The number of allylic oxidation sites excluding steroid dienone is 7. The van der Waals surface area contributed by atoms with Crippen molar-refractivity contribution in [1.29, 1.82) is 0 Å². The summed E-state index contributed by atoms with van der Waals surface area (Å²) in [4.78, 5) is 10.6. The van der Waals surface area contributed by atoms with Crippen molar-refractivity contribution in [2.45, 2.75) is 39.5 Å². The van der Waals surface area contributed by atoms with Crippen molar-refractivity contribution in [1.82, 2.24) is 0 Å². The van der Waals surface area contributed by atoms with Crippen LogP contribution in [0.25, 0.3) is 5.57 Å². The molecular formula is C21H24O2. The van der Waals surface area contributed by atoms with E-state index in [0.717, 1.165) is 18.4 Å². The first-order valence-corrected chi connectivity index (χ1v) is 8.11. The van der Waals surface area contributed by atoms with Gasteiger partial charge in [0.25, 0.3) is 0 Å². The number of carbonyl (C=O) groups is 1. The van der Waals surface area contributed by atoms with Crippen molar-refractivity contribution in [3.63, 3.8) is 0 Å². The fourth-order valence-electron chi connectivity index (χ4n) is 2.88. The molecule has 0 saturated carbocycles. The van der Waals surface area contributed by atoms with Gasteiger partial charge in [0.2, 0.25) is 0 Å². The minimum atomic E-state index is -0.912. The molecule has 0 heterocycles. The largest absolute Gasteiger partial charge is 0.478 e. The third kappa shape index (κ3) is 5.41. The lowest BCUT2D eigenvalue weighted by Crippen LogP contribution is -1.89. The predicted octanol–water partition coefficient (Wildman–Crippen LogP) is 5.33. The normalized spacial score (nSPS) is 18.1. The summed E-state index contributed by atoms with van der Waals surface area (Å²) in [5, 5.41) is 8.69. The maximum Gasteiger partial charge on any atom is 0.328 e. The van der Waals surface area contributed by atoms with Crippen molar-refractivity contribution in [2.24, 2.45) is 0 Å². The van der Waals surface area contributed by atoms with Gasteiger partial charge in [0.05, 0.1) is 0 Å². The first-order chi connectivity index (χ1) is 11.1. The summed E-state index contributed by atoms with van der Waals surface area (Å²) in [7, 11) is 0. The fourth-order valence-corrected chi connectivity index (χ4v) is 2.88. The van der Waals surface area contributed by atoms with E-state index in [0.29, 0.717) is 0 Å². The third-order valence-corrected chi connectivity index (χ3v) is 3.98. The average molecular weight is 308 g/mol. The molecule has 2 heteroatoms. The molecule has 0 spiro atoms. The summed E-state index contributed by atoms with van der Waals surface area (Å²) < 4.78 is 0. The van der Waals surface area contributed by atoms with Crippen LogP contribution >= 0.6 is 0 Å². The smallest absolute Gasteiger partial charge is 0.328 e. The Balaban J connectivity index is 2.19. The van der Waals surface area contributed by atoms with Gasteiger partial charge in [-0.05, 0) is 61.8 Å². The zero-order chi connectivity index (χ0) is 16.7. The molecule has 23 heavy (non-hydrogen) atoms. The Morgan fingerprint density at radius 3 is 2.61 bits per heavy atom. The minimum absolute atomic E-state index is 0.731. The van der Waals surface area contributed by atoms with Gasteiger partial charge in [-0.1, -0.05) is 54.1 Å². The lowest BCUT2D eigenvalue weighted by Gasteiger charge is -2.08. The Bertz CT molecular complexity index is 688. The Labute approximate surface area is 138 Å². The summed E-state index contributed by atoms with van der Waals surface area (Å²) in [6.45, 7) is 3.87. The maximum absolute atomic E-state index is 10.6. The molecule has 1 N–H and O–H groups in total. The molecule has 2 rings (SSSR count). The van der Waals surface area contributed by atoms with Crippen LogP contribution in [0.1, 0.15) is 44.2 Å². The molecule has 0 atom stereocenters. The molecule has 1 aromatic rings. The number of hydrogen-bond donors (Lipinski definition) is 1. The van der Waals surface area contributed by atoms with Gasteiger partial charge < -0.3 is 5.11 Å². The van der Waals surface area contributed by atoms with E-state index in [9.17, 15) is 4.79 Å². The lowest BCUT2D eigenvalue weighted by atomic mass is 9.97. The van der Waals surface area contributed by atoms with E-state index in [-0.39, 0.29) is 0 Å². The van der Waals surface area contributed by atoms with Crippen LogP contribution in [0.3, 0.4) is 0 Å². The predicted molar refractivity (Wildman–Crippen MR) is 96.3 cm³/mol. The van der Waals surface area contributed by atoms with Gasteiger partial charge in [-0.25, -0.2) is 4.79 Å². The van der Waals surface area contributed by atoms with Crippen LogP contribution in [0.15, 0.2) is 65.8 Å².